The van der Waals surface area contributed by atoms with Gasteiger partial charge in [-0.15, -0.1) is 0 Å². The number of rotatable bonds is 16. The van der Waals surface area contributed by atoms with Gasteiger partial charge in [0.25, 0.3) is 0 Å². The van der Waals surface area contributed by atoms with Gasteiger partial charge in [0.05, 0.1) is 78.5 Å². The van der Waals surface area contributed by atoms with E-state index in [0.717, 1.165) is 0 Å². The number of quaternary nitrogens is 3. The van der Waals surface area contributed by atoms with Crippen LogP contribution in [0.3, 0.4) is 0 Å². The molecular formula is C28H70IN3O5S. The predicted octanol–water partition coefficient (Wildman–Crippen LogP) is 3.04. The Morgan fingerprint density at radius 1 is 0.474 bits per heavy atom. The molecule has 2 N–H and O–H groups in total. The van der Waals surface area contributed by atoms with Crippen molar-refractivity contribution in [3.8, 4) is 0 Å². The van der Waals surface area contributed by atoms with E-state index in [1.165, 1.54) is 118 Å². The Morgan fingerprint density at radius 3 is 0.658 bits per heavy atom. The van der Waals surface area contributed by atoms with Crippen molar-refractivity contribution in [1.82, 2.24) is 0 Å². The number of nitrogens with zero attached hydrogens (tertiary/aromatic N) is 3. The molecule has 38 heavy (non-hydrogen) atoms. The Hall–Kier alpha value is 0.440. The standard InChI is InChI=1S/C12H28N.2C8H20N.HI.H2O4S.H2O/c1-5-9-13(10-6-2,11-7-3)12-8-4;2*1-5-9(6-2,7-3)8-4;;1-5(2,3)4;/h5-12H2,1-4H3;2*5-8H2,1-4H3;1H;(H2,1,2,3,4);1H2/q3*+1;;;/p-3. The number of hydrogen-bond donors (Lipinski definition) is 1. The van der Waals surface area contributed by atoms with E-state index in [9.17, 15) is 0 Å². The third kappa shape index (κ3) is 28.0. The zero-order chi connectivity index (χ0) is 29.3. The molecule has 0 spiro atoms. The van der Waals surface area contributed by atoms with Crippen molar-refractivity contribution >= 4 is 10.4 Å². The van der Waals surface area contributed by atoms with Gasteiger partial charge in [-0.2, -0.15) is 0 Å². The molecule has 0 fully saturated rings. The summed E-state index contributed by atoms with van der Waals surface area (Å²) >= 11 is 0. The van der Waals surface area contributed by atoms with Crippen LogP contribution in [-0.4, -0.2) is 115 Å². The second kappa shape index (κ2) is 30.4. The molecule has 0 unspecified atom stereocenters. The summed E-state index contributed by atoms with van der Waals surface area (Å²) in [7, 11) is -4.92. The molecule has 0 aliphatic carbocycles. The van der Waals surface area contributed by atoms with Crippen LogP contribution in [-0.2, 0) is 10.4 Å². The summed E-state index contributed by atoms with van der Waals surface area (Å²) < 4.78 is 36.8. The molecular weight excluding hydrogens is 617 g/mol. The Morgan fingerprint density at radius 2 is 0.605 bits per heavy atom. The maximum absolute atomic E-state index is 8.63. The third-order valence-electron chi connectivity index (χ3n) is 8.16. The minimum atomic E-state index is -4.92. The van der Waals surface area contributed by atoms with Crippen molar-refractivity contribution in [2.24, 2.45) is 0 Å². The van der Waals surface area contributed by atoms with Crippen LogP contribution in [0, 0.1) is 0 Å². The quantitative estimate of drug-likeness (QED) is 0.116. The van der Waals surface area contributed by atoms with Crippen molar-refractivity contribution in [2.75, 3.05) is 78.5 Å². The van der Waals surface area contributed by atoms with E-state index in [0.29, 0.717) is 0 Å². The summed E-state index contributed by atoms with van der Waals surface area (Å²) in [6.45, 7) is 43.2. The van der Waals surface area contributed by atoms with Crippen molar-refractivity contribution in [3.05, 3.63) is 0 Å². The first-order valence-electron chi connectivity index (χ1n) is 15.0. The molecule has 0 aliphatic rings. The predicted molar refractivity (Wildman–Crippen MR) is 160 cm³/mol. The van der Waals surface area contributed by atoms with Crippen molar-refractivity contribution < 1.29 is 60.4 Å². The molecule has 0 aromatic rings. The Balaban J connectivity index is -0.0000000922. The van der Waals surface area contributed by atoms with E-state index in [1.807, 2.05) is 0 Å². The van der Waals surface area contributed by atoms with E-state index < -0.39 is 10.4 Å². The minimum absolute atomic E-state index is 0. The average Bonchev–Trinajstić information content (AvgIpc) is 2.83. The monoisotopic (exact) mass is 687 g/mol. The topological polar surface area (TPSA) is 107 Å². The normalized spacial score (nSPS) is 11.3. The van der Waals surface area contributed by atoms with Crippen molar-refractivity contribution in [2.45, 2.75) is 109 Å². The van der Waals surface area contributed by atoms with Crippen LogP contribution in [0.1, 0.15) is 109 Å². The molecule has 0 saturated heterocycles. The smallest absolute Gasteiger partial charge is 0.215 e. The second-order valence-electron chi connectivity index (χ2n) is 9.88. The SMILES string of the molecule is CCC[N+](CCC)(CCC)CCC.CC[N+](CC)(CC)CC.CC[N+](CC)(CC)CC.O=S(=O)([O-])O.[I-].[OH-]. The summed E-state index contributed by atoms with van der Waals surface area (Å²) in [6, 6.07) is 0. The van der Waals surface area contributed by atoms with E-state index in [4.69, 9.17) is 17.5 Å². The highest BCUT2D eigenvalue weighted by Crippen LogP contribution is 2.12. The van der Waals surface area contributed by atoms with Crippen LogP contribution in [0.2, 0.25) is 0 Å². The zero-order valence-corrected chi connectivity index (χ0v) is 30.5. The fraction of sp³-hybridized carbons (Fsp3) is 1.00. The summed E-state index contributed by atoms with van der Waals surface area (Å²) in [5.74, 6) is 0. The van der Waals surface area contributed by atoms with E-state index in [-0.39, 0.29) is 29.5 Å². The number of halogens is 1. The van der Waals surface area contributed by atoms with E-state index >= 15 is 0 Å². The molecule has 0 aromatic heterocycles. The van der Waals surface area contributed by atoms with Gasteiger partial charge in [-0.05, 0) is 81.1 Å². The molecule has 0 radical (unpaired) electrons. The highest BCUT2D eigenvalue weighted by molar-refractivity contribution is 7.79. The molecule has 0 heterocycles. The maximum Gasteiger partial charge on any atom is 0.215 e. The summed E-state index contributed by atoms with van der Waals surface area (Å²) in [6.07, 6.45) is 5.33. The zero-order valence-electron chi connectivity index (χ0n) is 27.6. The second-order valence-corrected chi connectivity index (χ2v) is 10.7. The molecule has 8 nitrogen and oxygen atoms in total. The lowest BCUT2D eigenvalue weighted by atomic mass is 10.2. The molecule has 0 bridgehead atoms. The number of hydrogen-bond acceptors (Lipinski definition) is 4. The van der Waals surface area contributed by atoms with Crippen LogP contribution >= 0.6 is 0 Å². The summed E-state index contributed by atoms with van der Waals surface area (Å²) in [4.78, 5) is 0. The van der Waals surface area contributed by atoms with E-state index in [1.54, 1.807) is 0 Å². The van der Waals surface area contributed by atoms with Crippen LogP contribution in [0.25, 0.3) is 0 Å². The minimum Gasteiger partial charge on any atom is -1.00 e. The van der Waals surface area contributed by atoms with Gasteiger partial charge in [-0.1, -0.05) is 27.7 Å². The fourth-order valence-electron chi connectivity index (χ4n) is 5.25. The van der Waals surface area contributed by atoms with Gasteiger partial charge in [-0.25, -0.2) is 8.42 Å². The van der Waals surface area contributed by atoms with Gasteiger partial charge < -0.3 is 47.5 Å². The average molecular weight is 688 g/mol. The van der Waals surface area contributed by atoms with Gasteiger partial charge in [0.2, 0.25) is 10.4 Å². The van der Waals surface area contributed by atoms with Gasteiger partial charge in [-0.3, -0.25) is 4.55 Å². The Kier molecular flexibility index (Phi) is 41.0. The third-order valence-corrected chi connectivity index (χ3v) is 8.16. The van der Waals surface area contributed by atoms with Gasteiger partial charge in [0, 0.05) is 0 Å². The molecule has 10 heteroatoms. The Bertz CT molecular complexity index is 466. The first kappa shape index (κ1) is 51.2. The lowest BCUT2D eigenvalue weighted by Crippen LogP contribution is -3.00. The molecule has 0 amide bonds. The molecule has 0 saturated carbocycles. The van der Waals surface area contributed by atoms with Crippen molar-refractivity contribution in [1.29, 1.82) is 0 Å². The first-order chi connectivity index (χ1) is 16.7. The summed E-state index contributed by atoms with van der Waals surface area (Å²) in [5, 5.41) is 0. The Labute approximate surface area is 257 Å². The lowest BCUT2D eigenvalue weighted by molar-refractivity contribution is -0.928. The highest BCUT2D eigenvalue weighted by Gasteiger charge is 2.22. The molecule has 0 aliphatic heterocycles. The molecule has 240 valence electrons. The maximum atomic E-state index is 8.63. The van der Waals surface area contributed by atoms with E-state index in [2.05, 4.69) is 83.1 Å². The fourth-order valence-corrected chi connectivity index (χ4v) is 5.25. The molecule has 0 aromatic carbocycles. The van der Waals surface area contributed by atoms with Gasteiger partial charge >= 0.3 is 0 Å². The highest BCUT2D eigenvalue weighted by atomic mass is 127. The molecule has 0 rings (SSSR count). The van der Waals surface area contributed by atoms with Crippen LogP contribution in [0.5, 0.6) is 0 Å². The van der Waals surface area contributed by atoms with Crippen LogP contribution < -0.4 is 24.0 Å². The van der Waals surface area contributed by atoms with Crippen molar-refractivity contribution in [3.63, 3.8) is 0 Å². The van der Waals surface area contributed by atoms with Crippen LogP contribution in [0.15, 0.2) is 0 Å². The largest absolute Gasteiger partial charge is 1.00 e. The first-order valence-corrected chi connectivity index (χ1v) is 16.3. The molecule has 0 atom stereocenters. The van der Waals surface area contributed by atoms with Crippen LogP contribution in [0.4, 0.5) is 0 Å². The van der Waals surface area contributed by atoms with Gasteiger partial charge in [0.1, 0.15) is 0 Å². The summed E-state index contributed by atoms with van der Waals surface area (Å²) in [5.41, 5.74) is 0. The lowest BCUT2D eigenvalue weighted by Gasteiger charge is -2.38. The van der Waals surface area contributed by atoms with Gasteiger partial charge in [0.15, 0.2) is 0 Å².